The predicted octanol–water partition coefficient (Wildman–Crippen LogP) is 3.15. The Balaban J connectivity index is 1.69. The van der Waals surface area contributed by atoms with Gasteiger partial charge in [0.15, 0.2) is 11.2 Å². The normalized spacial score (nSPS) is 17.2. The topological polar surface area (TPSA) is 96.8 Å². The summed E-state index contributed by atoms with van der Waals surface area (Å²) in [6.45, 7) is 3.24. The minimum absolute atomic E-state index is 0.0364. The van der Waals surface area contributed by atoms with Crippen molar-refractivity contribution in [3.8, 4) is 0 Å². The molecule has 0 unspecified atom stereocenters. The molecule has 1 aliphatic rings. The van der Waals surface area contributed by atoms with E-state index in [9.17, 15) is 9.59 Å². The number of hydrogen-bond donors (Lipinski definition) is 1. The van der Waals surface area contributed by atoms with Crippen LogP contribution in [0.3, 0.4) is 0 Å². The van der Waals surface area contributed by atoms with Crippen molar-refractivity contribution in [2.45, 2.75) is 32.2 Å². The van der Waals surface area contributed by atoms with Crippen molar-refractivity contribution in [3.63, 3.8) is 0 Å². The van der Waals surface area contributed by atoms with Gasteiger partial charge in [-0.25, -0.2) is 9.67 Å². The molecule has 156 valence electrons. The lowest BCUT2D eigenvalue weighted by atomic mass is 9.97. The molecule has 4 rings (SSSR count). The predicted molar refractivity (Wildman–Crippen MR) is 115 cm³/mol. The zero-order chi connectivity index (χ0) is 21.3. The van der Waals surface area contributed by atoms with Crippen LogP contribution in [0.2, 0.25) is 10.0 Å². The highest BCUT2D eigenvalue weighted by molar-refractivity contribution is 6.36. The van der Waals surface area contributed by atoms with Gasteiger partial charge in [-0.2, -0.15) is 0 Å². The van der Waals surface area contributed by atoms with E-state index in [1.54, 1.807) is 35.3 Å². The summed E-state index contributed by atoms with van der Waals surface area (Å²) >= 11 is 12.6. The molecule has 1 fully saturated rings. The molecule has 8 nitrogen and oxygen atoms in total. The number of nitrogens with one attached hydrogen (secondary N) is 1. The van der Waals surface area contributed by atoms with Crippen LogP contribution in [0.4, 0.5) is 0 Å². The number of amides is 1. The number of halogens is 2. The number of benzene rings is 1. The second-order valence-electron chi connectivity index (χ2n) is 7.19. The van der Waals surface area contributed by atoms with Gasteiger partial charge in [0.05, 0.1) is 6.54 Å². The molecular weight excluding hydrogens is 427 g/mol. The number of fused-ring (bicyclic) bond motifs is 1. The third kappa shape index (κ3) is 3.97. The molecule has 0 bridgehead atoms. The van der Waals surface area contributed by atoms with Crippen LogP contribution in [0.5, 0.6) is 0 Å². The number of aromatic amines is 1. The Kier molecular flexibility index (Phi) is 5.87. The maximum Gasteiger partial charge on any atom is 0.281 e. The maximum absolute atomic E-state index is 12.6. The highest BCUT2D eigenvalue weighted by Gasteiger charge is 2.26. The minimum atomic E-state index is -0.358. The van der Waals surface area contributed by atoms with Crippen LogP contribution in [-0.2, 0) is 11.3 Å². The fourth-order valence-corrected chi connectivity index (χ4v) is 4.18. The number of nitrogens with zero attached hydrogens (tertiary/aromatic N) is 5. The first-order valence-electron chi connectivity index (χ1n) is 9.66. The molecule has 2 aromatic heterocycles. The van der Waals surface area contributed by atoms with E-state index in [0.717, 1.165) is 12.8 Å². The number of carbonyl (C=O) groups excluding carboxylic acids is 1. The van der Waals surface area contributed by atoms with E-state index in [2.05, 4.69) is 20.3 Å². The van der Waals surface area contributed by atoms with Crippen molar-refractivity contribution in [1.82, 2.24) is 29.9 Å². The van der Waals surface area contributed by atoms with E-state index in [1.165, 1.54) is 4.68 Å². The largest absolute Gasteiger partial charge is 0.338 e. The van der Waals surface area contributed by atoms with E-state index >= 15 is 0 Å². The lowest BCUT2D eigenvalue weighted by Crippen LogP contribution is -2.39. The summed E-state index contributed by atoms with van der Waals surface area (Å²) in [7, 11) is 0. The van der Waals surface area contributed by atoms with Gasteiger partial charge in [0.1, 0.15) is 5.82 Å². The molecule has 1 amide bonds. The van der Waals surface area contributed by atoms with Gasteiger partial charge in [0.25, 0.3) is 5.56 Å². The van der Waals surface area contributed by atoms with Crippen LogP contribution >= 0.6 is 23.2 Å². The first kappa shape index (κ1) is 20.6. The second-order valence-corrected chi connectivity index (χ2v) is 8.01. The van der Waals surface area contributed by atoms with E-state index in [0.29, 0.717) is 40.2 Å². The number of H-pyrrole nitrogens is 1. The molecule has 0 radical (unpaired) electrons. The molecule has 3 aromatic rings. The zero-order valence-electron chi connectivity index (χ0n) is 16.3. The first-order valence-corrected chi connectivity index (χ1v) is 10.4. The molecule has 0 aliphatic carbocycles. The van der Waals surface area contributed by atoms with Crippen molar-refractivity contribution in [3.05, 3.63) is 62.1 Å². The number of allylic oxidation sites excluding steroid dienone is 1. The lowest BCUT2D eigenvalue weighted by Gasteiger charge is -2.31. The third-order valence-corrected chi connectivity index (χ3v) is 5.90. The fourth-order valence-electron chi connectivity index (χ4n) is 3.66. The van der Waals surface area contributed by atoms with E-state index < -0.39 is 0 Å². The van der Waals surface area contributed by atoms with Crippen LogP contribution < -0.4 is 5.56 Å². The van der Waals surface area contributed by atoms with E-state index in [-0.39, 0.29) is 29.4 Å². The molecule has 0 saturated carbocycles. The van der Waals surface area contributed by atoms with Gasteiger partial charge >= 0.3 is 0 Å². The Bertz CT molecular complexity index is 1170. The standard InChI is InChI=1S/C20H20Cl2N6O2/c1-2-5-16(29)27-9-4-6-12(10-27)18-23-19-17(20(30)24-18)25-26-28(19)11-13-14(21)7-3-8-15(13)22/h2-3,5,7-8,12H,4,6,9-11H2,1H3,(H,23,24,30)/b5-2+/t12-/m0/s1. The first-order chi connectivity index (χ1) is 14.5. The summed E-state index contributed by atoms with van der Waals surface area (Å²) in [6, 6.07) is 5.25. The molecule has 1 aliphatic heterocycles. The van der Waals surface area contributed by atoms with Crippen LogP contribution in [0, 0.1) is 0 Å². The van der Waals surface area contributed by atoms with Gasteiger partial charge in [0.2, 0.25) is 5.91 Å². The number of carbonyl (C=O) groups is 1. The molecule has 1 saturated heterocycles. The summed E-state index contributed by atoms with van der Waals surface area (Å²) in [6.07, 6.45) is 4.94. The van der Waals surface area contributed by atoms with Crippen LogP contribution in [-0.4, -0.2) is 48.9 Å². The van der Waals surface area contributed by atoms with Crippen molar-refractivity contribution >= 4 is 40.3 Å². The van der Waals surface area contributed by atoms with Crippen LogP contribution in [0.1, 0.15) is 37.1 Å². The van der Waals surface area contributed by atoms with Crippen molar-refractivity contribution in [2.24, 2.45) is 0 Å². The number of hydrogen-bond acceptors (Lipinski definition) is 5. The highest BCUT2D eigenvalue weighted by Crippen LogP contribution is 2.27. The summed E-state index contributed by atoms with van der Waals surface area (Å²) in [5.41, 5.74) is 0.835. The van der Waals surface area contributed by atoms with Crippen molar-refractivity contribution in [1.29, 1.82) is 0 Å². The summed E-state index contributed by atoms with van der Waals surface area (Å²) in [4.78, 5) is 34.1. The second kappa shape index (κ2) is 8.57. The molecule has 3 heterocycles. The number of likely N-dealkylation sites (tertiary alicyclic amines) is 1. The minimum Gasteiger partial charge on any atom is -0.338 e. The van der Waals surface area contributed by atoms with Crippen LogP contribution in [0.15, 0.2) is 35.1 Å². The molecule has 0 spiro atoms. The quantitative estimate of drug-likeness (QED) is 0.620. The molecule has 30 heavy (non-hydrogen) atoms. The molecule has 1 aromatic carbocycles. The summed E-state index contributed by atoms with van der Waals surface area (Å²) in [5.74, 6) is 0.419. The Morgan fingerprint density at radius 1 is 1.33 bits per heavy atom. The Labute approximate surface area is 182 Å². The average molecular weight is 447 g/mol. The highest BCUT2D eigenvalue weighted by atomic mass is 35.5. The molecule has 1 atom stereocenters. The third-order valence-electron chi connectivity index (χ3n) is 5.19. The lowest BCUT2D eigenvalue weighted by molar-refractivity contribution is -0.127. The monoisotopic (exact) mass is 446 g/mol. The van der Waals surface area contributed by atoms with Gasteiger partial charge < -0.3 is 9.88 Å². The van der Waals surface area contributed by atoms with E-state index in [4.69, 9.17) is 23.2 Å². The SMILES string of the molecule is C/C=C/C(=O)N1CCC[C@H](c2nc3c(nnn3Cc3c(Cl)cccc3Cl)c(=O)[nH]2)C1. The number of rotatable bonds is 4. The van der Waals surface area contributed by atoms with Gasteiger partial charge in [-0.05, 0) is 38.0 Å². The van der Waals surface area contributed by atoms with Crippen molar-refractivity contribution in [2.75, 3.05) is 13.1 Å². The van der Waals surface area contributed by atoms with Gasteiger partial charge in [-0.1, -0.05) is 40.6 Å². The maximum atomic E-state index is 12.6. The smallest absolute Gasteiger partial charge is 0.281 e. The molecular formula is C20H20Cl2N6O2. The molecule has 10 heteroatoms. The van der Waals surface area contributed by atoms with Gasteiger partial charge in [0, 0.05) is 34.6 Å². The zero-order valence-corrected chi connectivity index (χ0v) is 17.8. The van der Waals surface area contributed by atoms with E-state index in [1.807, 2.05) is 6.92 Å². The molecule has 1 N–H and O–H groups in total. The van der Waals surface area contributed by atoms with Gasteiger partial charge in [-0.15, -0.1) is 5.10 Å². The van der Waals surface area contributed by atoms with Crippen molar-refractivity contribution < 1.29 is 4.79 Å². The Morgan fingerprint density at radius 2 is 2.10 bits per heavy atom. The summed E-state index contributed by atoms with van der Waals surface area (Å²) in [5, 5.41) is 9.06. The summed E-state index contributed by atoms with van der Waals surface area (Å²) < 4.78 is 1.52. The number of aromatic nitrogens is 5. The number of piperidine rings is 1. The van der Waals surface area contributed by atoms with Gasteiger partial charge in [-0.3, -0.25) is 9.59 Å². The van der Waals surface area contributed by atoms with Crippen LogP contribution in [0.25, 0.3) is 11.2 Å². The average Bonchev–Trinajstić information content (AvgIpc) is 3.14. The Morgan fingerprint density at radius 3 is 2.83 bits per heavy atom. The fraction of sp³-hybridized carbons (Fsp3) is 0.350. The Hall–Kier alpha value is -2.71.